The smallest absolute Gasteiger partial charge is 0.332 e. The van der Waals surface area contributed by atoms with Gasteiger partial charge in [-0.25, -0.2) is 17.9 Å². The zero-order chi connectivity index (χ0) is 21.2. The fraction of sp³-hybridized carbons (Fsp3) is 0.619. The third kappa shape index (κ3) is 5.10. The molecular weight excluding hydrogens is 390 g/mol. The summed E-state index contributed by atoms with van der Waals surface area (Å²) in [7, 11) is -2.11. The Kier molecular flexibility index (Phi) is 6.51. The van der Waals surface area contributed by atoms with Crippen LogP contribution in [0.2, 0.25) is 0 Å². The van der Waals surface area contributed by atoms with Gasteiger partial charge < -0.3 is 10.2 Å². The number of fused-ring (bicyclic) bond motifs is 2. The predicted octanol–water partition coefficient (Wildman–Crippen LogP) is 2.62. The van der Waals surface area contributed by atoms with Crippen LogP contribution >= 0.6 is 0 Å². The second kappa shape index (κ2) is 8.73. The third-order valence-corrected chi connectivity index (χ3v) is 7.06. The van der Waals surface area contributed by atoms with E-state index >= 15 is 0 Å². The SMILES string of the molecule is CC(C)C(=O)N(C)CCCS(=O)(=O)NC(=O)Nc1c2c(cc3c1CCC3)CCC2. The molecule has 0 spiro atoms. The molecule has 0 bridgehead atoms. The summed E-state index contributed by atoms with van der Waals surface area (Å²) < 4.78 is 26.7. The lowest BCUT2D eigenvalue weighted by Crippen LogP contribution is -2.38. The monoisotopic (exact) mass is 421 g/mol. The maximum Gasteiger partial charge on any atom is 0.332 e. The second-order valence-corrected chi connectivity index (χ2v) is 10.2. The Morgan fingerprint density at radius 1 is 1.07 bits per heavy atom. The minimum Gasteiger partial charge on any atom is -0.346 e. The molecule has 0 radical (unpaired) electrons. The minimum absolute atomic E-state index is 0.0279. The van der Waals surface area contributed by atoms with Crippen LogP contribution in [0.15, 0.2) is 6.07 Å². The number of rotatable bonds is 7. The summed E-state index contributed by atoms with van der Waals surface area (Å²) in [4.78, 5) is 25.8. The Morgan fingerprint density at radius 3 is 2.21 bits per heavy atom. The lowest BCUT2D eigenvalue weighted by Gasteiger charge is -2.19. The first kappa shape index (κ1) is 21.6. The number of carbonyl (C=O) groups is 2. The fourth-order valence-corrected chi connectivity index (χ4v) is 5.29. The molecule has 3 amide bonds. The molecule has 0 saturated heterocycles. The first-order valence-corrected chi connectivity index (χ1v) is 12.1. The zero-order valence-corrected chi connectivity index (χ0v) is 18.3. The van der Waals surface area contributed by atoms with E-state index in [2.05, 4.69) is 16.1 Å². The molecule has 3 rings (SSSR count). The van der Waals surface area contributed by atoms with Gasteiger partial charge in [0.2, 0.25) is 15.9 Å². The topological polar surface area (TPSA) is 95.6 Å². The summed E-state index contributed by atoms with van der Waals surface area (Å²) in [5.74, 6) is -0.365. The number of carbonyl (C=O) groups excluding carboxylic acids is 2. The van der Waals surface area contributed by atoms with Crippen LogP contribution in [-0.4, -0.2) is 44.6 Å². The van der Waals surface area contributed by atoms with Gasteiger partial charge in [-0.2, -0.15) is 0 Å². The molecule has 0 aliphatic heterocycles. The van der Waals surface area contributed by atoms with Gasteiger partial charge in [-0.3, -0.25) is 4.79 Å². The zero-order valence-electron chi connectivity index (χ0n) is 17.5. The van der Waals surface area contributed by atoms with Crippen LogP contribution in [0.25, 0.3) is 0 Å². The average molecular weight is 422 g/mol. The highest BCUT2D eigenvalue weighted by Gasteiger charge is 2.26. The van der Waals surface area contributed by atoms with Crippen molar-refractivity contribution in [3.8, 4) is 0 Å². The van der Waals surface area contributed by atoms with Crippen LogP contribution in [0.1, 0.15) is 55.4 Å². The van der Waals surface area contributed by atoms with Crippen LogP contribution in [0.3, 0.4) is 0 Å². The summed E-state index contributed by atoms with van der Waals surface area (Å²) in [6.45, 7) is 3.94. The molecule has 0 atom stereocenters. The molecule has 8 heteroatoms. The highest BCUT2D eigenvalue weighted by molar-refractivity contribution is 7.90. The highest BCUT2D eigenvalue weighted by atomic mass is 32.2. The largest absolute Gasteiger partial charge is 0.346 e. The van der Waals surface area contributed by atoms with Crippen molar-refractivity contribution in [1.82, 2.24) is 9.62 Å². The van der Waals surface area contributed by atoms with E-state index in [9.17, 15) is 18.0 Å². The number of anilines is 1. The standard InChI is InChI=1S/C21H31N3O4S/c1-14(2)20(25)24(3)11-6-12-29(27,28)23-21(26)22-19-17-9-4-7-15(17)13-16-8-5-10-18(16)19/h13-14H,4-12H2,1-3H3,(H2,22,23,26). The Balaban J connectivity index is 1.59. The molecule has 0 fully saturated rings. The number of hydrogen-bond acceptors (Lipinski definition) is 4. The molecule has 29 heavy (non-hydrogen) atoms. The van der Waals surface area contributed by atoms with E-state index in [0.29, 0.717) is 6.54 Å². The molecule has 2 aliphatic carbocycles. The van der Waals surface area contributed by atoms with Crippen molar-refractivity contribution in [3.05, 3.63) is 28.3 Å². The molecular formula is C21H31N3O4S. The maximum absolute atomic E-state index is 12.5. The van der Waals surface area contributed by atoms with E-state index in [1.807, 2.05) is 0 Å². The second-order valence-electron chi connectivity index (χ2n) is 8.38. The lowest BCUT2D eigenvalue weighted by molar-refractivity contribution is -0.133. The number of sulfonamides is 1. The number of aryl methyl sites for hydroxylation is 2. The summed E-state index contributed by atoms with van der Waals surface area (Å²) in [6.07, 6.45) is 6.26. The minimum atomic E-state index is -3.77. The van der Waals surface area contributed by atoms with Crippen LogP contribution in [0.4, 0.5) is 10.5 Å². The van der Waals surface area contributed by atoms with Gasteiger partial charge in [0, 0.05) is 25.2 Å². The predicted molar refractivity (Wildman–Crippen MR) is 114 cm³/mol. The van der Waals surface area contributed by atoms with Crippen LogP contribution in [0.5, 0.6) is 0 Å². The number of urea groups is 1. The van der Waals surface area contributed by atoms with Gasteiger partial charge in [0.1, 0.15) is 0 Å². The molecule has 2 N–H and O–H groups in total. The van der Waals surface area contributed by atoms with Crippen molar-refractivity contribution in [2.24, 2.45) is 5.92 Å². The molecule has 1 aromatic rings. The van der Waals surface area contributed by atoms with Gasteiger partial charge >= 0.3 is 6.03 Å². The molecule has 0 saturated carbocycles. The van der Waals surface area contributed by atoms with Crippen molar-refractivity contribution in [2.75, 3.05) is 24.7 Å². The van der Waals surface area contributed by atoms with Crippen LogP contribution in [0, 0.1) is 5.92 Å². The van der Waals surface area contributed by atoms with Crippen molar-refractivity contribution in [2.45, 2.75) is 58.8 Å². The number of hydrogen-bond donors (Lipinski definition) is 2. The molecule has 1 aromatic carbocycles. The van der Waals surface area contributed by atoms with Gasteiger partial charge in [0.05, 0.1) is 5.75 Å². The number of nitrogens with zero attached hydrogens (tertiary/aromatic N) is 1. The summed E-state index contributed by atoms with van der Waals surface area (Å²) in [5.41, 5.74) is 5.70. The number of benzene rings is 1. The number of nitrogens with one attached hydrogen (secondary N) is 2. The van der Waals surface area contributed by atoms with Crippen LogP contribution < -0.4 is 10.0 Å². The Morgan fingerprint density at radius 2 is 1.66 bits per heavy atom. The molecule has 0 heterocycles. The molecule has 0 aromatic heterocycles. The van der Waals surface area contributed by atoms with E-state index in [-0.39, 0.29) is 24.0 Å². The normalized spacial score (nSPS) is 15.2. The molecule has 7 nitrogen and oxygen atoms in total. The third-order valence-electron chi connectivity index (χ3n) is 5.74. The van der Waals surface area contributed by atoms with Crippen molar-refractivity contribution >= 4 is 27.6 Å². The van der Waals surface area contributed by atoms with Gasteiger partial charge in [-0.15, -0.1) is 0 Å². The average Bonchev–Trinajstić information content (AvgIpc) is 3.28. The molecule has 2 aliphatic rings. The molecule has 0 unspecified atom stereocenters. The number of amides is 3. The van der Waals surface area contributed by atoms with E-state index < -0.39 is 16.1 Å². The Bertz CT molecular complexity index is 877. The van der Waals surface area contributed by atoms with Crippen LogP contribution in [-0.2, 0) is 40.5 Å². The van der Waals surface area contributed by atoms with Gasteiger partial charge in [0.15, 0.2) is 0 Å². The summed E-state index contributed by atoms with van der Waals surface area (Å²) >= 11 is 0. The summed E-state index contributed by atoms with van der Waals surface area (Å²) in [5, 5.41) is 2.84. The van der Waals surface area contributed by atoms with Crippen molar-refractivity contribution in [1.29, 1.82) is 0 Å². The summed E-state index contributed by atoms with van der Waals surface area (Å²) in [6, 6.07) is 1.56. The van der Waals surface area contributed by atoms with E-state index in [1.165, 1.54) is 16.0 Å². The maximum atomic E-state index is 12.5. The first-order chi connectivity index (χ1) is 13.7. The highest BCUT2D eigenvalue weighted by Crippen LogP contribution is 2.38. The quantitative estimate of drug-likeness (QED) is 0.707. The Hall–Kier alpha value is -2.09. The van der Waals surface area contributed by atoms with Gasteiger partial charge in [-0.05, 0) is 67.2 Å². The van der Waals surface area contributed by atoms with E-state index in [1.54, 1.807) is 20.9 Å². The lowest BCUT2D eigenvalue weighted by atomic mass is 9.99. The molecule has 160 valence electrons. The van der Waals surface area contributed by atoms with E-state index in [0.717, 1.165) is 55.3 Å². The first-order valence-electron chi connectivity index (χ1n) is 10.4. The van der Waals surface area contributed by atoms with Crippen molar-refractivity contribution in [3.63, 3.8) is 0 Å². The van der Waals surface area contributed by atoms with Gasteiger partial charge in [0.25, 0.3) is 0 Å². The van der Waals surface area contributed by atoms with Crippen molar-refractivity contribution < 1.29 is 18.0 Å². The van der Waals surface area contributed by atoms with Gasteiger partial charge in [-0.1, -0.05) is 19.9 Å². The Labute approximate surface area is 173 Å². The fourth-order valence-electron chi connectivity index (χ4n) is 4.34. The van der Waals surface area contributed by atoms with E-state index in [4.69, 9.17) is 0 Å².